The van der Waals surface area contributed by atoms with Crippen molar-refractivity contribution in [2.75, 3.05) is 21.3 Å². The molecule has 0 atom stereocenters. The zero-order chi connectivity index (χ0) is 27.4. The molecule has 0 radical (unpaired) electrons. The van der Waals surface area contributed by atoms with Crippen molar-refractivity contribution < 1.29 is 19.0 Å². The molecular formula is C33H42O4. The fourth-order valence-electron chi connectivity index (χ4n) is 4.03. The van der Waals surface area contributed by atoms with E-state index in [1.54, 1.807) is 27.4 Å². The lowest BCUT2D eigenvalue weighted by molar-refractivity contribution is 0.104. The van der Waals surface area contributed by atoms with Crippen LogP contribution in [0.2, 0.25) is 0 Å². The topological polar surface area (TPSA) is 44.8 Å². The largest absolute Gasteiger partial charge is 0.497 e. The summed E-state index contributed by atoms with van der Waals surface area (Å²) in [5.41, 5.74) is 7.16. The van der Waals surface area contributed by atoms with E-state index in [1.165, 1.54) is 16.7 Å². The summed E-state index contributed by atoms with van der Waals surface area (Å²) < 4.78 is 16.9. The minimum atomic E-state index is -0.112. The van der Waals surface area contributed by atoms with Crippen molar-refractivity contribution in [2.45, 2.75) is 60.3 Å². The summed E-state index contributed by atoms with van der Waals surface area (Å²) in [5.74, 6) is 2.00. The van der Waals surface area contributed by atoms with Crippen molar-refractivity contribution in [1.82, 2.24) is 0 Å². The van der Waals surface area contributed by atoms with E-state index in [1.807, 2.05) is 36.4 Å². The third-order valence-corrected chi connectivity index (χ3v) is 6.10. The fraction of sp³-hybridized carbons (Fsp3) is 0.364. The van der Waals surface area contributed by atoms with Gasteiger partial charge in [0.25, 0.3) is 0 Å². The highest BCUT2D eigenvalue weighted by Gasteiger charge is 2.21. The standard InChI is InChI=1S/C33H42O4/c1-23(2)10-9-11-25(5)13-17-27-22-30(31(34)21-16-26-14-18-28(35-6)19-15-26)33(37-8)29(32(27)36-7)20-12-24(3)4/h10,12-16,18-19,21-22H,9,11,17,20H2,1-8H3/b21-16+,25-13-. The molecule has 4 heteroatoms. The molecule has 0 aliphatic rings. The van der Waals surface area contributed by atoms with Gasteiger partial charge in [-0.1, -0.05) is 53.2 Å². The molecule has 2 aromatic rings. The number of rotatable bonds is 13. The normalized spacial score (nSPS) is 11.3. The minimum absolute atomic E-state index is 0.112. The third-order valence-electron chi connectivity index (χ3n) is 6.10. The Bertz CT molecular complexity index is 1170. The summed E-state index contributed by atoms with van der Waals surface area (Å²) in [4.78, 5) is 13.4. The van der Waals surface area contributed by atoms with E-state index >= 15 is 0 Å². The van der Waals surface area contributed by atoms with Crippen LogP contribution in [-0.2, 0) is 12.8 Å². The molecule has 0 spiro atoms. The smallest absolute Gasteiger partial charge is 0.189 e. The Morgan fingerprint density at radius 2 is 1.43 bits per heavy atom. The molecule has 0 aliphatic carbocycles. The highest BCUT2D eigenvalue weighted by molar-refractivity contribution is 6.09. The predicted octanol–water partition coefficient (Wildman–Crippen LogP) is 8.35. The molecule has 0 saturated heterocycles. The first-order valence-electron chi connectivity index (χ1n) is 12.8. The highest BCUT2D eigenvalue weighted by Crippen LogP contribution is 2.38. The van der Waals surface area contributed by atoms with Gasteiger partial charge in [0, 0.05) is 5.56 Å². The second-order valence-corrected chi connectivity index (χ2v) is 9.66. The maximum Gasteiger partial charge on any atom is 0.189 e. The average molecular weight is 503 g/mol. The van der Waals surface area contributed by atoms with Gasteiger partial charge in [-0.3, -0.25) is 4.79 Å². The lowest BCUT2D eigenvalue weighted by Gasteiger charge is -2.19. The van der Waals surface area contributed by atoms with Gasteiger partial charge in [0.05, 0.1) is 26.9 Å². The van der Waals surface area contributed by atoms with E-state index in [-0.39, 0.29) is 5.78 Å². The van der Waals surface area contributed by atoms with Crippen LogP contribution in [0.4, 0.5) is 0 Å². The van der Waals surface area contributed by atoms with Crippen LogP contribution in [-0.4, -0.2) is 27.1 Å². The van der Waals surface area contributed by atoms with Crippen molar-refractivity contribution in [1.29, 1.82) is 0 Å². The average Bonchev–Trinajstić information content (AvgIpc) is 2.88. The van der Waals surface area contributed by atoms with Crippen LogP contribution >= 0.6 is 0 Å². The van der Waals surface area contributed by atoms with Gasteiger partial charge < -0.3 is 14.2 Å². The van der Waals surface area contributed by atoms with E-state index in [0.29, 0.717) is 24.2 Å². The SMILES string of the molecule is COc1ccc(/C=C/C(=O)c2cc(C/C=C(/C)CCC=C(C)C)c(OC)c(CC=C(C)C)c2OC)cc1. The van der Waals surface area contributed by atoms with Crippen LogP contribution in [0.15, 0.2) is 71.4 Å². The van der Waals surface area contributed by atoms with E-state index in [9.17, 15) is 4.79 Å². The highest BCUT2D eigenvalue weighted by atomic mass is 16.5. The number of hydrogen-bond donors (Lipinski definition) is 0. The van der Waals surface area contributed by atoms with Gasteiger partial charge in [-0.05, 0) is 95.7 Å². The number of carbonyl (C=O) groups is 1. The first kappa shape index (κ1) is 29.7. The van der Waals surface area contributed by atoms with Crippen LogP contribution < -0.4 is 14.2 Å². The fourth-order valence-corrected chi connectivity index (χ4v) is 4.03. The number of allylic oxidation sites excluding steroid dienone is 7. The first-order valence-corrected chi connectivity index (χ1v) is 12.8. The molecule has 0 saturated carbocycles. The molecule has 198 valence electrons. The maximum atomic E-state index is 13.4. The lowest BCUT2D eigenvalue weighted by atomic mass is 9.94. The van der Waals surface area contributed by atoms with Gasteiger partial charge >= 0.3 is 0 Å². The molecule has 0 aliphatic heterocycles. The monoisotopic (exact) mass is 502 g/mol. The Hall–Kier alpha value is -3.53. The molecule has 0 bridgehead atoms. The predicted molar refractivity (Wildman–Crippen MR) is 155 cm³/mol. The molecule has 2 aromatic carbocycles. The number of ketones is 1. The quantitative estimate of drug-likeness (QED) is 0.157. The molecule has 0 aromatic heterocycles. The van der Waals surface area contributed by atoms with Crippen LogP contribution in [0.25, 0.3) is 6.08 Å². The zero-order valence-corrected chi connectivity index (χ0v) is 23.7. The van der Waals surface area contributed by atoms with Crippen molar-refractivity contribution in [3.63, 3.8) is 0 Å². The molecule has 0 unspecified atom stereocenters. The second kappa shape index (κ2) is 14.9. The van der Waals surface area contributed by atoms with Crippen LogP contribution in [0.5, 0.6) is 17.2 Å². The molecule has 37 heavy (non-hydrogen) atoms. The van der Waals surface area contributed by atoms with Crippen molar-refractivity contribution in [3.05, 3.63) is 93.6 Å². The lowest BCUT2D eigenvalue weighted by Crippen LogP contribution is -2.07. The summed E-state index contributed by atoms with van der Waals surface area (Å²) in [5, 5.41) is 0. The number of carbonyl (C=O) groups excluding carboxylic acids is 1. The van der Waals surface area contributed by atoms with Gasteiger partial charge in [-0.2, -0.15) is 0 Å². The van der Waals surface area contributed by atoms with Gasteiger partial charge in [-0.15, -0.1) is 0 Å². The molecule has 4 nitrogen and oxygen atoms in total. The Morgan fingerprint density at radius 3 is 2.00 bits per heavy atom. The van der Waals surface area contributed by atoms with Gasteiger partial charge in [0.2, 0.25) is 0 Å². The van der Waals surface area contributed by atoms with Gasteiger partial charge in [-0.25, -0.2) is 0 Å². The molecule has 0 heterocycles. The van der Waals surface area contributed by atoms with Crippen molar-refractivity contribution in [2.24, 2.45) is 0 Å². The van der Waals surface area contributed by atoms with E-state index < -0.39 is 0 Å². The number of benzene rings is 2. The Kier molecular flexibility index (Phi) is 12.0. The summed E-state index contributed by atoms with van der Waals surface area (Å²) in [6.45, 7) is 10.5. The Morgan fingerprint density at radius 1 is 0.784 bits per heavy atom. The number of hydrogen-bond acceptors (Lipinski definition) is 4. The number of methoxy groups -OCH3 is 3. The van der Waals surface area contributed by atoms with E-state index in [4.69, 9.17) is 14.2 Å². The van der Waals surface area contributed by atoms with E-state index in [2.05, 4.69) is 52.8 Å². The Labute approximate surface area is 223 Å². The molecule has 0 fully saturated rings. The van der Waals surface area contributed by atoms with Crippen molar-refractivity contribution in [3.8, 4) is 17.2 Å². The second-order valence-electron chi connectivity index (χ2n) is 9.66. The zero-order valence-electron chi connectivity index (χ0n) is 23.7. The molecular weight excluding hydrogens is 460 g/mol. The third kappa shape index (κ3) is 9.13. The molecule has 0 amide bonds. The van der Waals surface area contributed by atoms with Gasteiger partial charge in [0.15, 0.2) is 5.78 Å². The summed E-state index contributed by atoms with van der Waals surface area (Å²) in [6.07, 6.45) is 13.4. The van der Waals surface area contributed by atoms with Crippen LogP contribution in [0.3, 0.4) is 0 Å². The Balaban J connectivity index is 2.51. The van der Waals surface area contributed by atoms with Crippen LogP contribution in [0, 0.1) is 0 Å². The molecule has 2 rings (SSSR count). The van der Waals surface area contributed by atoms with Gasteiger partial charge in [0.1, 0.15) is 17.2 Å². The van der Waals surface area contributed by atoms with E-state index in [0.717, 1.165) is 41.0 Å². The summed E-state index contributed by atoms with van der Waals surface area (Å²) >= 11 is 0. The first-order chi connectivity index (χ1) is 17.7. The molecule has 0 N–H and O–H groups in total. The minimum Gasteiger partial charge on any atom is -0.497 e. The van der Waals surface area contributed by atoms with Crippen LogP contribution in [0.1, 0.15) is 74.5 Å². The maximum absolute atomic E-state index is 13.4. The summed E-state index contributed by atoms with van der Waals surface area (Å²) in [6, 6.07) is 9.51. The van der Waals surface area contributed by atoms with Crippen molar-refractivity contribution >= 4 is 11.9 Å². The summed E-state index contributed by atoms with van der Waals surface area (Å²) in [7, 11) is 4.92. The number of ether oxygens (including phenoxy) is 3.